The van der Waals surface area contributed by atoms with Gasteiger partial charge in [-0.2, -0.15) is 5.10 Å². The number of nitrogens with zero attached hydrogens (tertiary/aromatic N) is 2. The molecule has 0 amide bonds. The van der Waals surface area contributed by atoms with Crippen LogP contribution in [0.2, 0.25) is 0 Å². The van der Waals surface area contributed by atoms with Crippen LogP contribution in [0.15, 0.2) is 77.2 Å². The van der Waals surface area contributed by atoms with Crippen molar-refractivity contribution in [2.75, 3.05) is 5.43 Å². The Morgan fingerprint density at radius 3 is 2.68 bits per heavy atom. The summed E-state index contributed by atoms with van der Waals surface area (Å²) in [4.78, 5) is 4.62. The van der Waals surface area contributed by atoms with Gasteiger partial charge in [-0.15, -0.1) is 11.3 Å². The zero-order valence-electron chi connectivity index (χ0n) is 13.3. The number of nitrogens with one attached hydrogen (secondary N) is 1. The Kier molecular flexibility index (Phi) is 4.14. The Morgan fingerprint density at radius 2 is 1.76 bits per heavy atom. The van der Waals surface area contributed by atoms with Crippen LogP contribution in [0, 0.1) is 0 Å². The second kappa shape index (κ2) is 6.75. The summed E-state index contributed by atoms with van der Waals surface area (Å²) >= 11 is 1.49. The van der Waals surface area contributed by atoms with E-state index >= 15 is 0 Å². The first kappa shape index (κ1) is 15.4. The molecule has 0 aliphatic rings. The number of para-hydroxylation sites is 1. The molecular formula is C20H15N3OS. The summed E-state index contributed by atoms with van der Waals surface area (Å²) < 4.78 is 0. The van der Waals surface area contributed by atoms with Gasteiger partial charge in [0.05, 0.1) is 11.9 Å². The van der Waals surface area contributed by atoms with E-state index in [1.807, 2.05) is 29.6 Å². The number of hydrazone groups is 1. The lowest BCUT2D eigenvalue weighted by molar-refractivity contribution is 0.474. The lowest BCUT2D eigenvalue weighted by Crippen LogP contribution is -1.90. The predicted octanol–water partition coefficient (Wildman–Crippen LogP) is 5.11. The quantitative estimate of drug-likeness (QED) is 0.399. The van der Waals surface area contributed by atoms with Crippen LogP contribution >= 0.6 is 11.3 Å². The molecule has 1 heterocycles. The van der Waals surface area contributed by atoms with Crippen LogP contribution in [0.4, 0.5) is 5.13 Å². The van der Waals surface area contributed by atoms with E-state index in [0.717, 1.165) is 11.3 Å². The number of fused-ring (bicyclic) bond motifs is 1. The normalized spacial score (nSPS) is 11.2. The van der Waals surface area contributed by atoms with Gasteiger partial charge in [-0.3, -0.25) is 5.43 Å². The molecule has 0 aliphatic heterocycles. The summed E-state index contributed by atoms with van der Waals surface area (Å²) in [5.41, 5.74) is 5.60. The average molecular weight is 345 g/mol. The molecule has 0 fully saturated rings. The Morgan fingerprint density at radius 1 is 0.960 bits per heavy atom. The standard InChI is InChI=1S/C20H15N3OS/c24-19-11-4-2-7-15(19)12-21-23-20-22-18(13-25-20)17-10-5-8-14-6-1-3-9-16(14)17/h1-13,24H,(H,22,23)/b21-12-. The van der Waals surface area contributed by atoms with Crippen molar-refractivity contribution in [2.45, 2.75) is 0 Å². The molecule has 25 heavy (non-hydrogen) atoms. The molecule has 0 unspecified atom stereocenters. The minimum atomic E-state index is 0.198. The second-order valence-corrected chi connectivity index (χ2v) is 6.35. The number of phenols is 1. The van der Waals surface area contributed by atoms with E-state index in [9.17, 15) is 5.11 Å². The molecule has 0 saturated heterocycles. The highest BCUT2D eigenvalue weighted by molar-refractivity contribution is 7.14. The predicted molar refractivity (Wildman–Crippen MR) is 104 cm³/mol. The molecule has 0 bridgehead atoms. The maximum atomic E-state index is 9.73. The number of hydrogen-bond donors (Lipinski definition) is 2. The highest BCUT2D eigenvalue weighted by Crippen LogP contribution is 2.30. The number of thiazole rings is 1. The molecule has 2 N–H and O–H groups in total. The zero-order valence-corrected chi connectivity index (χ0v) is 14.1. The molecule has 0 atom stereocenters. The van der Waals surface area contributed by atoms with Crippen LogP contribution in [-0.2, 0) is 0 Å². The van der Waals surface area contributed by atoms with Gasteiger partial charge < -0.3 is 5.11 Å². The van der Waals surface area contributed by atoms with Crippen molar-refractivity contribution in [3.8, 4) is 17.0 Å². The number of phenolic OH excluding ortho intramolecular Hbond substituents is 1. The van der Waals surface area contributed by atoms with Gasteiger partial charge in [0.15, 0.2) is 0 Å². The molecule has 1 aromatic heterocycles. The molecule has 0 aliphatic carbocycles. The summed E-state index contributed by atoms with van der Waals surface area (Å²) in [5, 5.41) is 19.0. The van der Waals surface area contributed by atoms with E-state index in [1.54, 1.807) is 24.4 Å². The van der Waals surface area contributed by atoms with Crippen LogP contribution < -0.4 is 5.43 Å². The molecule has 4 rings (SSSR count). The van der Waals surface area contributed by atoms with Crippen molar-refractivity contribution in [3.63, 3.8) is 0 Å². The zero-order chi connectivity index (χ0) is 17.1. The molecule has 0 spiro atoms. The fraction of sp³-hybridized carbons (Fsp3) is 0. The van der Waals surface area contributed by atoms with Crippen molar-refractivity contribution in [1.82, 2.24) is 4.98 Å². The molecule has 122 valence electrons. The number of benzene rings is 3. The van der Waals surface area contributed by atoms with E-state index in [-0.39, 0.29) is 5.75 Å². The van der Waals surface area contributed by atoms with Crippen molar-refractivity contribution in [3.05, 3.63) is 77.7 Å². The molecule has 3 aromatic carbocycles. The van der Waals surface area contributed by atoms with Crippen molar-refractivity contribution in [2.24, 2.45) is 5.10 Å². The summed E-state index contributed by atoms with van der Waals surface area (Å²) in [5.74, 6) is 0.198. The summed E-state index contributed by atoms with van der Waals surface area (Å²) in [6.07, 6.45) is 1.58. The Balaban J connectivity index is 1.57. The second-order valence-electron chi connectivity index (χ2n) is 5.49. The van der Waals surface area contributed by atoms with Crippen molar-refractivity contribution in [1.29, 1.82) is 0 Å². The van der Waals surface area contributed by atoms with Crippen LogP contribution in [-0.4, -0.2) is 16.3 Å². The van der Waals surface area contributed by atoms with Gasteiger partial charge in [0.25, 0.3) is 0 Å². The van der Waals surface area contributed by atoms with Gasteiger partial charge in [0.1, 0.15) is 5.75 Å². The fourth-order valence-corrected chi connectivity index (χ4v) is 3.31. The lowest BCUT2D eigenvalue weighted by atomic mass is 10.0. The van der Waals surface area contributed by atoms with Crippen LogP contribution in [0.25, 0.3) is 22.0 Å². The molecule has 0 radical (unpaired) electrons. The lowest BCUT2D eigenvalue weighted by Gasteiger charge is -2.03. The SMILES string of the molecule is Oc1ccccc1/C=N\Nc1nc(-c2cccc3ccccc23)cs1. The molecule has 4 aromatic rings. The van der Waals surface area contributed by atoms with Gasteiger partial charge in [0, 0.05) is 16.5 Å². The van der Waals surface area contributed by atoms with Crippen molar-refractivity contribution < 1.29 is 5.11 Å². The van der Waals surface area contributed by atoms with Crippen LogP contribution in [0.3, 0.4) is 0 Å². The molecule has 5 heteroatoms. The van der Waals surface area contributed by atoms with Gasteiger partial charge >= 0.3 is 0 Å². The van der Waals surface area contributed by atoms with Crippen molar-refractivity contribution >= 4 is 33.5 Å². The average Bonchev–Trinajstić information content (AvgIpc) is 3.11. The Bertz CT molecular complexity index is 1050. The third-order valence-electron chi connectivity index (χ3n) is 3.87. The largest absolute Gasteiger partial charge is 0.507 e. The topological polar surface area (TPSA) is 57.5 Å². The van der Waals surface area contributed by atoms with E-state index in [4.69, 9.17) is 0 Å². The fourth-order valence-electron chi connectivity index (χ4n) is 2.65. The Hall–Kier alpha value is -3.18. The molecular weight excluding hydrogens is 330 g/mol. The maximum Gasteiger partial charge on any atom is 0.203 e. The summed E-state index contributed by atoms with van der Waals surface area (Å²) in [6, 6.07) is 21.5. The van der Waals surface area contributed by atoms with Crippen LogP contribution in [0.5, 0.6) is 5.75 Å². The minimum absolute atomic E-state index is 0.198. The van der Waals surface area contributed by atoms with E-state index in [2.05, 4.69) is 39.8 Å². The third-order valence-corrected chi connectivity index (χ3v) is 4.62. The number of aromatic hydroxyl groups is 1. The first-order valence-corrected chi connectivity index (χ1v) is 8.70. The third kappa shape index (κ3) is 3.22. The van der Waals surface area contributed by atoms with E-state index in [0.29, 0.717) is 10.7 Å². The van der Waals surface area contributed by atoms with Gasteiger partial charge in [-0.1, -0.05) is 54.6 Å². The van der Waals surface area contributed by atoms with E-state index < -0.39 is 0 Å². The number of anilines is 1. The van der Waals surface area contributed by atoms with E-state index in [1.165, 1.54) is 22.1 Å². The first-order valence-electron chi connectivity index (χ1n) is 7.82. The molecule has 4 nitrogen and oxygen atoms in total. The first-order chi connectivity index (χ1) is 12.3. The number of hydrogen-bond acceptors (Lipinski definition) is 5. The Labute approximate surface area is 149 Å². The maximum absolute atomic E-state index is 9.73. The minimum Gasteiger partial charge on any atom is -0.507 e. The molecule has 0 saturated carbocycles. The monoisotopic (exact) mass is 345 g/mol. The van der Waals surface area contributed by atoms with Gasteiger partial charge in [0.2, 0.25) is 5.13 Å². The van der Waals surface area contributed by atoms with Gasteiger partial charge in [-0.05, 0) is 22.9 Å². The van der Waals surface area contributed by atoms with Crippen LogP contribution in [0.1, 0.15) is 5.56 Å². The summed E-state index contributed by atoms with van der Waals surface area (Å²) in [7, 11) is 0. The smallest absolute Gasteiger partial charge is 0.203 e. The van der Waals surface area contributed by atoms with Gasteiger partial charge in [-0.25, -0.2) is 4.98 Å². The summed E-state index contributed by atoms with van der Waals surface area (Å²) in [6.45, 7) is 0. The number of aromatic nitrogens is 1. The number of rotatable bonds is 4. The highest BCUT2D eigenvalue weighted by atomic mass is 32.1. The highest BCUT2D eigenvalue weighted by Gasteiger charge is 2.07.